The van der Waals surface area contributed by atoms with Gasteiger partial charge in [0.1, 0.15) is 5.69 Å². The molecule has 3 aromatic rings. The minimum Gasteiger partial charge on any atom is -0.394 e. The van der Waals surface area contributed by atoms with Crippen molar-refractivity contribution in [2.75, 3.05) is 6.61 Å². The molecule has 26 heavy (non-hydrogen) atoms. The first-order valence-electron chi connectivity index (χ1n) is 8.87. The summed E-state index contributed by atoms with van der Waals surface area (Å²) >= 11 is 0. The van der Waals surface area contributed by atoms with E-state index in [1.807, 2.05) is 56.3 Å². The van der Waals surface area contributed by atoms with Crippen LogP contribution in [0.25, 0.3) is 22.3 Å². The van der Waals surface area contributed by atoms with E-state index >= 15 is 0 Å². The van der Waals surface area contributed by atoms with E-state index in [1.54, 1.807) is 4.57 Å². The van der Waals surface area contributed by atoms with Gasteiger partial charge in [-0.3, -0.25) is 4.79 Å². The van der Waals surface area contributed by atoms with E-state index in [4.69, 9.17) is 5.11 Å². The second kappa shape index (κ2) is 7.81. The number of nitrogens with zero attached hydrogens (tertiary/aromatic N) is 2. The van der Waals surface area contributed by atoms with Gasteiger partial charge in [-0.15, -0.1) is 0 Å². The van der Waals surface area contributed by atoms with Crippen LogP contribution < -0.4 is 5.56 Å². The lowest BCUT2D eigenvalue weighted by molar-refractivity contribution is 0.0856. The topological polar surface area (TPSA) is 75.4 Å². The van der Waals surface area contributed by atoms with Gasteiger partial charge in [-0.1, -0.05) is 30.3 Å². The molecule has 0 amide bonds. The molecule has 0 bridgehead atoms. The highest BCUT2D eigenvalue weighted by atomic mass is 16.3. The van der Waals surface area contributed by atoms with Crippen molar-refractivity contribution in [2.24, 2.45) is 0 Å². The van der Waals surface area contributed by atoms with E-state index in [-0.39, 0.29) is 12.2 Å². The fourth-order valence-electron chi connectivity index (χ4n) is 3.08. The molecule has 2 aromatic carbocycles. The number of aryl methyl sites for hydroxylation is 3. The minimum absolute atomic E-state index is 0.134. The number of benzene rings is 2. The van der Waals surface area contributed by atoms with Crippen LogP contribution in [-0.4, -0.2) is 32.5 Å². The minimum atomic E-state index is -0.753. The van der Waals surface area contributed by atoms with E-state index in [2.05, 4.69) is 4.98 Å². The predicted molar refractivity (Wildman–Crippen MR) is 103 cm³/mol. The average molecular weight is 352 g/mol. The monoisotopic (exact) mass is 352 g/mol. The normalized spacial score (nSPS) is 12.5. The number of aromatic nitrogens is 2. The molecule has 2 N–H and O–H groups in total. The molecule has 0 aliphatic carbocycles. The summed E-state index contributed by atoms with van der Waals surface area (Å²) in [5, 5.41) is 18.6. The lowest BCUT2D eigenvalue weighted by Gasteiger charge is -2.15. The molecular formula is C21H24N2O3. The Labute approximate surface area is 152 Å². The molecule has 0 fully saturated rings. The van der Waals surface area contributed by atoms with Crippen LogP contribution in [0.1, 0.15) is 24.0 Å². The van der Waals surface area contributed by atoms with Crippen molar-refractivity contribution in [2.45, 2.75) is 39.3 Å². The number of fused-ring (bicyclic) bond motifs is 1. The lowest BCUT2D eigenvalue weighted by Crippen LogP contribution is -2.25. The molecule has 5 heteroatoms. The molecular weight excluding hydrogens is 328 g/mol. The molecule has 3 rings (SSSR count). The quantitative estimate of drug-likeness (QED) is 0.715. The Morgan fingerprint density at radius 1 is 1.12 bits per heavy atom. The van der Waals surface area contributed by atoms with Crippen molar-refractivity contribution in [1.82, 2.24) is 9.55 Å². The number of rotatable bonds is 6. The van der Waals surface area contributed by atoms with E-state index in [9.17, 15) is 9.90 Å². The molecule has 5 nitrogen and oxygen atoms in total. The van der Waals surface area contributed by atoms with Crippen molar-refractivity contribution in [3.8, 4) is 11.3 Å². The highest BCUT2D eigenvalue weighted by molar-refractivity contribution is 5.79. The van der Waals surface area contributed by atoms with Crippen LogP contribution in [-0.2, 0) is 6.54 Å². The Hall–Kier alpha value is -2.50. The van der Waals surface area contributed by atoms with Crippen molar-refractivity contribution >= 4 is 11.0 Å². The second-order valence-corrected chi connectivity index (χ2v) is 6.69. The number of aliphatic hydroxyl groups is 2. The van der Waals surface area contributed by atoms with Crippen LogP contribution in [0.4, 0.5) is 0 Å². The summed E-state index contributed by atoms with van der Waals surface area (Å²) in [6, 6.07) is 13.5. The van der Waals surface area contributed by atoms with E-state index in [1.165, 1.54) is 0 Å². The van der Waals surface area contributed by atoms with Gasteiger partial charge < -0.3 is 14.8 Å². The van der Waals surface area contributed by atoms with Crippen molar-refractivity contribution in [1.29, 1.82) is 0 Å². The highest BCUT2D eigenvalue weighted by Crippen LogP contribution is 2.21. The highest BCUT2D eigenvalue weighted by Gasteiger charge is 2.14. The summed E-state index contributed by atoms with van der Waals surface area (Å²) in [5.41, 5.74) is 4.92. The first-order valence-corrected chi connectivity index (χ1v) is 8.87. The van der Waals surface area contributed by atoms with Crippen molar-refractivity contribution in [3.63, 3.8) is 0 Å². The summed E-state index contributed by atoms with van der Waals surface area (Å²) in [4.78, 5) is 17.8. The maximum atomic E-state index is 13.1. The summed E-state index contributed by atoms with van der Waals surface area (Å²) in [6.07, 6.45) is 0.288. The zero-order valence-corrected chi connectivity index (χ0v) is 15.1. The fourth-order valence-corrected chi connectivity index (χ4v) is 3.08. The molecule has 1 atom stereocenters. The maximum Gasteiger partial charge on any atom is 0.277 e. The second-order valence-electron chi connectivity index (χ2n) is 6.69. The smallest absolute Gasteiger partial charge is 0.277 e. The van der Waals surface area contributed by atoms with E-state index < -0.39 is 6.10 Å². The van der Waals surface area contributed by atoms with E-state index in [0.29, 0.717) is 25.1 Å². The molecule has 1 aromatic heterocycles. The van der Waals surface area contributed by atoms with Crippen LogP contribution in [0, 0.1) is 13.8 Å². The Balaban J connectivity index is 2.14. The molecule has 0 spiro atoms. The van der Waals surface area contributed by atoms with Crippen molar-refractivity contribution < 1.29 is 10.2 Å². The third-order valence-corrected chi connectivity index (χ3v) is 4.74. The van der Waals surface area contributed by atoms with Gasteiger partial charge in [-0.25, -0.2) is 4.98 Å². The Kier molecular flexibility index (Phi) is 5.49. The third-order valence-electron chi connectivity index (χ3n) is 4.74. The predicted octanol–water partition coefficient (Wildman–Crippen LogP) is 2.81. The van der Waals surface area contributed by atoms with Gasteiger partial charge in [0.2, 0.25) is 0 Å². The van der Waals surface area contributed by atoms with Gasteiger partial charge in [-0.05, 0) is 49.9 Å². The zero-order chi connectivity index (χ0) is 18.7. The van der Waals surface area contributed by atoms with Gasteiger partial charge in [-0.2, -0.15) is 0 Å². The number of hydrogen-bond donors (Lipinski definition) is 2. The molecule has 0 aliphatic heterocycles. The fraction of sp³-hybridized carbons (Fsp3) is 0.333. The van der Waals surface area contributed by atoms with E-state index in [0.717, 1.165) is 27.7 Å². The summed E-state index contributed by atoms with van der Waals surface area (Å²) < 4.78 is 1.74. The summed E-state index contributed by atoms with van der Waals surface area (Å²) in [6.45, 7) is 4.26. The largest absolute Gasteiger partial charge is 0.394 e. The lowest BCUT2D eigenvalue weighted by atomic mass is 10.1. The molecule has 0 saturated heterocycles. The zero-order valence-electron chi connectivity index (χ0n) is 15.1. The molecule has 0 saturated carbocycles. The molecule has 0 aliphatic rings. The van der Waals surface area contributed by atoms with Crippen LogP contribution in [0.15, 0.2) is 47.3 Å². The first kappa shape index (κ1) is 18.3. The van der Waals surface area contributed by atoms with Crippen LogP contribution in [0.2, 0.25) is 0 Å². The molecule has 136 valence electrons. The Bertz CT molecular complexity index is 964. The third kappa shape index (κ3) is 3.69. The van der Waals surface area contributed by atoms with Gasteiger partial charge >= 0.3 is 0 Å². The van der Waals surface area contributed by atoms with Gasteiger partial charge in [0.05, 0.1) is 23.7 Å². The molecule has 1 unspecified atom stereocenters. The number of aliphatic hydroxyl groups excluding tert-OH is 2. The van der Waals surface area contributed by atoms with Crippen LogP contribution >= 0.6 is 0 Å². The number of hydrogen-bond acceptors (Lipinski definition) is 4. The summed E-state index contributed by atoms with van der Waals surface area (Å²) in [7, 11) is 0. The average Bonchev–Trinajstić information content (AvgIpc) is 2.65. The molecule has 0 radical (unpaired) electrons. The van der Waals surface area contributed by atoms with Crippen LogP contribution in [0.5, 0.6) is 0 Å². The maximum absolute atomic E-state index is 13.1. The van der Waals surface area contributed by atoms with Gasteiger partial charge in [0.15, 0.2) is 0 Å². The standard InChI is InChI=1S/C21H24N2O3/c1-14-11-18-19(12-15(14)2)23(10-6-9-17(25)13-24)21(26)20(22-18)16-7-4-3-5-8-16/h3-5,7-8,11-12,17,24-25H,6,9-10,13H2,1-2H3. The van der Waals surface area contributed by atoms with Crippen LogP contribution in [0.3, 0.4) is 0 Å². The SMILES string of the molecule is Cc1cc2nc(-c3ccccc3)c(=O)n(CCCC(O)CO)c2cc1C. The Morgan fingerprint density at radius 2 is 1.81 bits per heavy atom. The first-order chi connectivity index (χ1) is 12.5. The van der Waals surface area contributed by atoms with Gasteiger partial charge in [0, 0.05) is 12.1 Å². The van der Waals surface area contributed by atoms with Crippen molar-refractivity contribution in [3.05, 3.63) is 63.9 Å². The Morgan fingerprint density at radius 3 is 2.50 bits per heavy atom. The summed E-state index contributed by atoms with van der Waals surface area (Å²) in [5.74, 6) is 0. The van der Waals surface area contributed by atoms with Gasteiger partial charge in [0.25, 0.3) is 5.56 Å². The molecule has 1 heterocycles.